The Bertz CT molecular complexity index is 353. The third kappa shape index (κ3) is 2.04. The fraction of sp³-hybridized carbons (Fsp3) is 0.364. The second kappa shape index (κ2) is 3.96. The maximum Gasteiger partial charge on any atom is 0.328 e. The summed E-state index contributed by atoms with van der Waals surface area (Å²) in [6.45, 7) is 0. The van der Waals surface area contributed by atoms with E-state index >= 15 is 0 Å². The lowest BCUT2D eigenvalue weighted by Crippen LogP contribution is -1.96. The first-order valence-electron chi connectivity index (χ1n) is 4.78. The van der Waals surface area contributed by atoms with Crippen LogP contribution in [-0.2, 0) is 17.6 Å². The van der Waals surface area contributed by atoms with E-state index in [-0.39, 0.29) is 0 Å². The Morgan fingerprint density at radius 1 is 1.43 bits per heavy atom. The van der Waals surface area contributed by atoms with Crippen LogP contribution in [0.1, 0.15) is 28.2 Å². The number of carboxylic acid groups (broad SMARTS) is 1. The van der Waals surface area contributed by atoms with E-state index in [2.05, 4.69) is 6.07 Å². The van der Waals surface area contributed by atoms with Crippen molar-refractivity contribution in [2.45, 2.75) is 25.7 Å². The first-order valence-corrected chi connectivity index (χ1v) is 5.60. The minimum atomic E-state index is -0.878. The molecule has 14 heavy (non-hydrogen) atoms. The summed E-state index contributed by atoms with van der Waals surface area (Å²) < 4.78 is 0. The molecule has 0 saturated heterocycles. The first kappa shape index (κ1) is 9.46. The zero-order valence-electron chi connectivity index (χ0n) is 7.82. The lowest BCUT2D eigenvalue weighted by Gasteiger charge is -2.08. The van der Waals surface area contributed by atoms with Crippen LogP contribution in [-0.4, -0.2) is 11.1 Å². The number of aryl methyl sites for hydroxylation is 2. The number of hydrogen-bond acceptors (Lipinski definition) is 2. The van der Waals surface area contributed by atoms with Gasteiger partial charge in [-0.3, -0.25) is 0 Å². The van der Waals surface area contributed by atoms with Crippen molar-refractivity contribution in [2.24, 2.45) is 0 Å². The lowest BCUT2D eigenvalue weighted by atomic mass is 9.99. The highest BCUT2D eigenvalue weighted by Gasteiger charge is 2.11. The molecule has 74 valence electrons. The molecule has 1 aromatic heterocycles. The summed E-state index contributed by atoms with van der Waals surface area (Å²) in [7, 11) is 0. The predicted octanol–water partition coefficient (Wildman–Crippen LogP) is 2.72. The predicted molar refractivity (Wildman–Crippen MR) is 57.6 cm³/mol. The van der Waals surface area contributed by atoms with E-state index in [9.17, 15) is 4.79 Å². The largest absolute Gasteiger partial charge is 0.478 e. The smallest absolute Gasteiger partial charge is 0.328 e. The topological polar surface area (TPSA) is 37.3 Å². The van der Waals surface area contributed by atoms with Crippen LogP contribution in [0, 0.1) is 0 Å². The molecular weight excluding hydrogens is 196 g/mol. The van der Waals surface area contributed by atoms with Crippen molar-refractivity contribution in [1.29, 1.82) is 0 Å². The van der Waals surface area contributed by atoms with Gasteiger partial charge in [-0.2, -0.15) is 0 Å². The minimum Gasteiger partial charge on any atom is -0.478 e. The van der Waals surface area contributed by atoms with Crippen molar-refractivity contribution >= 4 is 23.4 Å². The lowest BCUT2D eigenvalue weighted by molar-refractivity contribution is -0.131. The van der Waals surface area contributed by atoms with Crippen LogP contribution < -0.4 is 0 Å². The number of carbonyl (C=O) groups is 1. The van der Waals surface area contributed by atoms with Gasteiger partial charge in [-0.25, -0.2) is 4.79 Å². The Balaban J connectivity index is 2.20. The Hall–Kier alpha value is -1.09. The molecule has 1 aliphatic carbocycles. The average Bonchev–Trinajstić information content (AvgIpc) is 2.57. The molecule has 0 saturated carbocycles. The second-order valence-electron chi connectivity index (χ2n) is 3.48. The molecule has 1 aromatic rings. The SMILES string of the molecule is O=C(O)/C=C/c1cc2c(s1)CCCC2. The third-order valence-corrected chi connectivity index (χ3v) is 3.61. The van der Waals surface area contributed by atoms with Gasteiger partial charge in [0.25, 0.3) is 0 Å². The van der Waals surface area contributed by atoms with E-state index < -0.39 is 5.97 Å². The van der Waals surface area contributed by atoms with Crippen LogP contribution in [0.25, 0.3) is 6.08 Å². The number of rotatable bonds is 2. The zero-order chi connectivity index (χ0) is 9.97. The van der Waals surface area contributed by atoms with Crippen molar-refractivity contribution in [3.63, 3.8) is 0 Å². The fourth-order valence-corrected chi connectivity index (χ4v) is 2.91. The van der Waals surface area contributed by atoms with Crippen LogP contribution >= 0.6 is 11.3 Å². The van der Waals surface area contributed by atoms with Gasteiger partial charge in [0.05, 0.1) is 0 Å². The molecule has 1 heterocycles. The van der Waals surface area contributed by atoms with E-state index in [4.69, 9.17) is 5.11 Å². The highest BCUT2D eigenvalue weighted by atomic mass is 32.1. The monoisotopic (exact) mass is 208 g/mol. The molecule has 0 fully saturated rings. The Morgan fingerprint density at radius 2 is 2.21 bits per heavy atom. The molecule has 0 bridgehead atoms. The van der Waals surface area contributed by atoms with Gasteiger partial charge < -0.3 is 5.11 Å². The average molecular weight is 208 g/mol. The van der Waals surface area contributed by atoms with Crippen LogP contribution in [0.2, 0.25) is 0 Å². The quantitative estimate of drug-likeness (QED) is 0.759. The number of carboxylic acids is 1. The molecule has 0 unspecified atom stereocenters. The van der Waals surface area contributed by atoms with Gasteiger partial charge in [0.2, 0.25) is 0 Å². The standard InChI is InChI=1S/C11H12O2S/c12-11(13)6-5-9-7-8-3-1-2-4-10(8)14-9/h5-7H,1-4H2,(H,12,13)/b6-5+. The summed E-state index contributed by atoms with van der Waals surface area (Å²) in [4.78, 5) is 12.8. The normalized spacial score (nSPS) is 15.7. The van der Waals surface area contributed by atoms with Crippen LogP contribution in [0.15, 0.2) is 12.1 Å². The summed E-state index contributed by atoms with van der Waals surface area (Å²) in [5.74, 6) is -0.878. The van der Waals surface area contributed by atoms with Gasteiger partial charge in [0.1, 0.15) is 0 Å². The molecule has 0 spiro atoms. The van der Waals surface area contributed by atoms with Crippen molar-refractivity contribution in [2.75, 3.05) is 0 Å². The molecule has 0 aromatic carbocycles. The number of thiophene rings is 1. The summed E-state index contributed by atoms with van der Waals surface area (Å²) in [6, 6.07) is 2.12. The molecule has 3 heteroatoms. The fourth-order valence-electron chi connectivity index (χ4n) is 1.75. The molecule has 0 aliphatic heterocycles. The van der Waals surface area contributed by atoms with Gasteiger partial charge in [-0.05, 0) is 43.4 Å². The van der Waals surface area contributed by atoms with Crippen molar-refractivity contribution in [3.8, 4) is 0 Å². The van der Waals surface area contributed by atoms with Crippen LogP contribution in [0.5, 0.6) is 0 Å². The molecule has 1 aliphatic rings. The van der Waals surface area contributed by atoms with Crippen molar-refractivity contribution in [3.05, 3.63) is 27.5 Å². The van der Waals surface area contributed by atoms with E-state index in [0.29, 0.717) is 0 Å². The van der Waals surface area contributed by atoms with Crippen molar-refractivity contribution < 1.29 is 9.90 Å². The van der Waals surface area contributed by atoms with E-state index in [0.717, 1.165) is 11.3 Å². The number of fused-ring (bicyclic) bond motifs is 1. The Kier molecular flexibility index (Phi) is 2.68. The van der Waals surface area contributed by atoms with Gasteiger partial charge >= 0.3 is 5.97 Å². The summed E-state index contributed by atoms with van der Waals surface area (Å²) in [6.07, 6.45) is 7.76. The van der Waals surface area contributed by atoms with Crippen molar-refractivity contribution in [1.82, 2.24) is 0 Å². The number of hydrogen-bond donors (Lipinski definition) is 1. The third-order valence-electron chi connectivity index (χ3n) is 2.41. The molecule has 0 atom stereocenters. The van der Waals surface area contributed by atoms with Crippen LogP contribution in [0.3, 0.4) is 0 Å². The van der Waals surface area contributed by atoms with Gasteiger partial charge in [-0.1, -0.05) is 0 Å². The first-order chi connectivity index (χ1) is 6.75. The van der Waals surface area contributed by atoms with Gasteiger partial charge in [0.15, 0.2) is 0 Å². The van der Waals surface area contributed by atoms with Gasteiger partial charge in [-0.15, -0.1) is 11.3 Å². The molecular formula is C11H12O2S. The maximum atomic E-state index is 10.3. The Morgan fingerprint density at radius 3 is 2.93 bits per heavy atom. The molecule has 0 amide bonds. The molecule has 2 rings (SSSR count). The van der Waals surface area contributed by atoms with E-state index in [1.165, 1.54) is 35.8 Å². The molecule has 1 N–H and O–H groups in total. The highest BCUT2D eigenvalue weighted by Crippen LogP contribution is 2.30. The summed E-state index contributed by atoms with van der Waals surface area (Å²) in [5, 5.41) is 8.50. The minimum absolute atomic E-state index is 0.878. The maximum absolute atomic E-state index is 10.3. The second-order valence-corrected chi connectivity index (χ2v) is 4.64. The zero-order valence-corrected chi connectivity index (χ0v) is 8.64. The summed E-state index contributed by atoms with van der Waals surface area (Å²) in [5.41, 5.74) is 1.42. The highest BCUT2D eigenvalue weighted by molar-refractivity contribution is 7.13. The number of aliphatic carboxylic acids is 1. The Labute approximate surface area is 86.9 Å². The van der Waals surface area contributed by atoms with E-state index in [1.54, 1.807) is 17.4 Å². The molecule has 2 nitrogen and oxygen atoms in total. The van der Waals surface area contributed by atoms with E-state index in [1.807, 2.05) is 0 Å². The van der Waals surface area contributed by atoms with Crippen LogP contribution in [0.4, 0.5) is 0 Å². The van der Waals surface area contributed by atoms with Gasteiger partial charge in [0, 0.05) is 15.8 Å². The molecule has 0 radical (unpaired) electrons. The summed E-state index contributed by atoms with van der Waals surface area (Å²) >= 11 is 1.73.